The monoisotopic (exact) mass is 310 g/mol. The smallest absolute Gasteiger partial charge is 0.345 e. The summed E-state index contributed by atoms with van der Waals surface area (Å²) < 4.78 is 28.4. The van der Waals surface area contributed by atoms with Crippen LogP contribution in [0, 0.1) is 5.82 Å². The molecule has 0 heterocycles. The van der Waals surface area contributed by atoms with Crippen molar-refractivity contribution in [1.29, 1.82) is 0 Å². The second kappa shape index (κ2) is 8.17. The zero-order valence-corrected chi connectivity index (χ0v) is 13.1. The second-order valence-corrected chi connectivity index (χ2v) is 4.29. The van der Waals surface area contributed by atoms with Crippen molar-refractivity contribution in [2.45, 2.75) is 20.8 Å². The lowest BCUT2D eigenvalue weighted by Gasteiger charge is -2.13. The van der Waals surface area contributed by atoms with E-state index in [1.54, 1.807) is 13.8 Å². The van der Waals surface area contributed by atoms with Crippen LogP contribution in [0.2, 0.25) is 0 Å². The Morgan fingerprint density at radius 2 is 1.64 bits per heavy atom. The van der Waals surface area contributed by atoms with Crippen LogP contribution in [0.15, 0.2) is 23.8 Å². The number of hydrogen-bond acceptors (Lipinski definition) is 5. The molecule has 0 spiro atoms. The Bertz CT molecular complexity index is 572. The van der Waals surface area contributed by atoms with E-state index >= 15 is 0 Å². The number of methoxy groups -OCH3 is 1. The van der Waals surface area contributed by atoms with Crippen molar-refractivity contribution in [3.05, 3.63) is 35.2 Å². The average Bonchev–Trinajstić information content (AvgIpc) is 2.47. The summed E-state index contributed by atoms with van der Waals surface area (Å²) in [4.78, 5) is 24.1. The Labute approximate surface area is 128 Å². The predicted molar refractivity (Wildman–Crippen MR) is 78.8 cm³/mol. The molecule has 0 fully saturated rings. The first-order chi connectivity index (χ1) is 10.5. The second-order valence-electron chi connectivity index (χ2n) is 4.29. The highest BCUT2D eigenvalue weighted by atomic mass is 19.1. The molecule has 1 aromatic rings. The molecule has 0 radical (unpaired) electrons. The van der Waals surface area contributed by atoms with E-state index in [0.29, 0.717) is 11.3 Å². The number of ether oxygens (including phenoxy) is 3. The number of halogens is 1. The van der Waals surface area contributed by atoms with Crippen LogP contribution in [0.25, 0.3) is 5.57 Å². The van der Waals surface area contributed by atoms with Crippen LogP contribution in [0.3, 0.4) is 0 Å². The third kappa shape index (κ3) is 4.07. The minimum atomic E-state index is -0.815. The number of esters is 2. The van der Waals surface area contributed by atoms with Crippen molar-refractivity contribution >= 4 is 17.5 Å². The van der Waals surface area contributed by atoms with E-state index in [9.17, 15) is 14.0 Å². The largest absolute Gasteiger partial charge is 0.496 e. The average molecular weight is 310 g/mol. The van der Waals surface area contributed by atoms with E-state index in [4.69, 9.17) is 14.2 Å². The van der Waals surface area contributed by atoms with Gasteiger partial charge in [0.2, 0.25) is 0 Å². The summed E-state index contributed by atoms with van der Waals surface area (Å²) in [6.07, 6.45) is 0. The molecule has 0 aliphatic carbocycles. The molecule has 0 N–H and O–H groups in total. The number of benzene rings is 1. The fourth-order valence-electron chi connectivity index (χ4n) is 1.90. The molecule has 6 heteroatoms. The van der Waals surface area contributed by atoms with Gasteiger partial charge in [0, 0.05) is 5.56 Å². The molecule has 0 unspecified atom stereocenters. The van der Waals surface area contributed by atoms with E-state index in [-0.39, 0.29) is 24.4 Å². The third-order valence-electron chi connectivity index (χ3n) is 2.90. The van der Waals surface area contributed by atoms with Gasteiger partial charge < -0.3 is 14.2 Å². The Hall–Kier alpha value is -2.37. The van der Waals surface area contributed by atoms with Gasteiger partial charge in [-0.05, 0) is 44.5 Å². The molecule has 0 saturated heterocycles. The number of allylic oxidation sites excluding steroid dienone is 1. The van der Waals surface area contributed by atoms with Crippen molar-refractivity contribution < 1.29 is 28.2 Å². The molecule has 0 aliphatic rings. The molecule has 0 aromatic heterocycles. The third-order valence-corrected chi connectivity index (χ3v) is 2.90. The molecular weight excluding hydrogens is 291 g/mol. The van der Waals surface area contributed by atoms with Gasteiger partial charge in [-0.25, -0.2) is 14.0 Å². The van der Waals surface area contributed by atoms with Gasteiger partial charge in [0.05, 0.1) is 20.3 Å². The highest BCUT2D eigenvalue weighted by Gasteiger charge is 2.26. The maximum atomic E-state index is 13.5. The van der Waals surface area contributed by atoms with E-state index < -0.39 is 17.8 Å². The summed E-state index contributed by atoms with van der Waals surface area (Å²) in [5.41, 5.74) is 0.249. The standard InChI is InChI=1S/C16H19FO5/c1-5-21-15(18)14(16(19)22-6-2)10(3)12-9-11(17)7-8-13(12)20-4/h7-9H,5-6H2,1-4H3. The first-order valence-corrected chi connectivity index (χ1v) is 6.85. The van der Waals surface area contributed by atoms with Crippen LogP contribution < -0.4 is 4.74 Å². The Kier molecular flexibility index (Phi) is 6.56. The van der Waals surface area contributed by atoms with Crippen molar-refractivity contribution in [2.24, 2.45) is 0 Å². The van der Waals surface area contributed by atoms with Gasteiger partial charge in [-0.1, -0.05) is 0 Å². The van der Waals surface area contributed by atoms with Gasteiger partial charge in [0.15, 0.2) is 0 Å². The fraction of sp³-hybridized carbons (Fsp3) is 0.375. The lowest BCUT2D eigenvalue weighted by molar-refractivity contribution is -0.146. The van der Waals surface area contributed by atoms with E-state index in [2.05, 4.69) is 0 Å². The zero-order valence-electron chi connectivity index (χ0n) is 13.1. The van der Waals surface area contributed by atoms with E-state index in [1.807, 2.05) is 0 Å². The first kappa shape index (κ1) is 17.7. The molecule has 22 heavy (non-hydrogen) atoms. The van der Waals surface area contributed by atoms with Crippen LogP contribution in [0.5, 0.6) is 5.75 Å². The summed E-state index contributed by atoms with van der Waals surface area (Å²) in [6.45, 7) is 4.97. The van der Waals surface area contributed by atoms with Crippen molar-refractivity contribution in [3.8, 4) is 5.75 Å². The van der Waals surface area contributed by atoms with Crippen LogP contribution in [0.4, 0.5) is 4.39 Å². The molecule has 0 bridgehead atoms. The summed E-state index contributed by atoms with van der Waals surface area (Å²) in [5, 5.41) is 0. The van der Waals surface area contributed by atoms with Crippen molar-refractivity contribution in [3.63, 3.8) is 0 Å². The zero-order chi connectivity index (χ0) is 16.7. The van der Waals surface area contributed by atoms with Gasteiger partial charge in [0.1, 0.15) is 17.1 Å². The summed E-state index contributed by atoms with van der Waals surface area (Å²) in [5.74, 6) is -1.80. The molecule has 1 rings (SSSR count). The number of carbonyl (C=O) groups is 2. The van der Waals surface area contributed by atoms with Gasteiger partial charge in [-0.3, -0.25) is 0 Å². The Morgan fingerprint density at radius 1 is 1.09 bits per heavy atom. The first-order valence-electron chi connectivity index (χ1n) is 6.85. The molecule has 5 nitrogen and oxygen atoms in total. The van der Waals surface area contributed by atoms with Crippen LogP contribution >= 0.6 is 0 Å². The molecule has 0 saturated carbocycles. The van der Waals surface area contributed by atoms with Crippen molar-refractivity contribution in [1.82, 2.24) is 0 Å². The van der Waals surface area contributed by atoms with Crippen LogP contribution in [0.1, 0.15) is 26.3 Å². The van der Waals surface area contributed by atoms with Crippen LogP contribution in [-0.2, 0) is 19.1 Å². The maximum absolute atomic E-state index is 13.5. The van der Waals surface area contributed by atoms with Gasteiger partial charge >= 0.3 is 11.9 Å². The Balaban J connectivity index is 3.47. The lowest BCUT2D eigenvalue weighted by Crippen LogP contribution is -2.20. The van der Waals surface area contributed by atoms with E-state index in [1.165, 1.54) is 32.2 Å². The molecule has 0 amide bonds. The quantitative estimate of drug-likeness (QED) is 0.350. The van der Waals surface area contributed by atoms with Gasteiger partial charge in [-0.15, -0.1) is 0 Å². The summed E-state index contributed by atoms with van der Waals surface area (Å²) >= 11 is 0. The molecule has 0 aliphatic heterocycles. The predicted octanol–water partition coefficient (Wildman–Crippen LogP) is 2.73. The summed E-state index contributed by atoms with van der Waals surface area (Å²) in [6, 6.07) is 3.83. The lowest BCUT2D eigenvalue weighted by atomic mass is 10.00. The SMILES string of the molecule is CCOC(=O)C(C(=O)OCC)=C(C)c1cc(F)ccc1OC. The molecule has 120 valence electrons. The van der Waals surface area contributed by atoms with Gasteiger partial charge in [0.25, 0.3) is 0 Å². The summed E-state index contributed by atoms with van der Waals surface area (Å²) in [7, 11) is 1.42. The topological polar surface area (TPSA) is 61.8 Å². The molecular formula is C16H19FO5. The van der Waals surface area contributed by atoms with E-state index in [0.717, 1.165) is 0 Å². The highest BCUT2D eigenvalue weighted by Crippen LogP contribution is 2.29. The fourth-order valence-corrected chi connectivity index (χ4v) is 1.90. The number of rotatable bonds is 6. The normalized spacial score (nSPS) is 9.86. The highest BCUT2D eigenvalue weighted by molar-refractivity contribution is 6.20. The maximum Gasteiger partial charge on any atom is 0.345 e. The minimum absolute atomic E-state index is 0.106. The Morgan fingerprint density at radius 3 is 2.09 bits per heavy atom. The van der Waals surface area contributed by atoms with Crippen LogP contribution in [-0.4, -0.2) is 32.3 Å². The van der Waals surface area contributed by atoms with Crippen molar-refractivity contribution in [2.75, 3.05) is 20.3 Å². The number of carbonyl (C=O) groups excluding carboxylic acids is 2. The molecule has 1 aromatic carbocycles. The van der Waals surface area contributed by atoms with Gasteiger partial charge in [-0.2, -0.15) is 0 Å². The number of hydrogen-bond donors (Lipinski definition) is 0. The molecule has 0 atom stereocenters. The minimum Gasteiger partial charge on any atom is -0.496 e.